The van der Waals surface area contributed by atoms with Gasteiger partial charge in [-0.15, -0.1) is 6.58 Å². The predicted molar refractivity (Wildman–Crippen MR) is 128 cm³/mol. The molecule has 0 radical (unpaired) electrons. The van der Waals surface area contributed by atoms with Gasteiger partial charge in [-0.05, 0) is 48.4 Å². The lowest BCUT2D eigenvalue weighted by molar-refractivity contribution is -0.117. The summed E-state index contributed by atoms with van der Waals surface area (Å²) in [5, 5.41) is 12.9. The SMILES string of the molecule is C=CCNC(=O)/C(C#N)=C1\SC(Cc2ccc(Cl)c(Cl)c2)C(=O)N1c1ccc(OC)cc1. The maximum atomic E-state index is 13.4. The molecule has 3 rings (SSSR count). The molecule has 1 saturated heterocycles. The van der Waals surface area contributed by atoms with E-state index in [1.54, 1.807) is 49.6 Å². The Hall–Kier alpha value is -2.92. The number of hydrogen-bond donors (Lipinski definition) is 1. The third-order valence-corrected chi connectivity index (χ3v) is 6.65. The number of anilines is 1. The average Bonchev–Trinajstić information content (AvgIpc) is 3.10. The van der Waals surface area contributed by atoms with Crippen LogP contribution < -0.4 is 15.0 Å². The topological polar surface area (TPSA) is 82.4 Å². The summed E-state index contributed by atoms with van der Waals surface area (Å²) in [6, 6.07) is 14.0. The maximum absolute atomic E-state index is 13.4. The largest absolute Gasteiger partial charge is 0.497 e. The van der Waals surface area contributed by atoms with E-state index in [1.807, 2.05) is 6.07 Å². The number of benzene rings is 2. The Kier molecular flexibility index (Phi) is 7.86. The number of methoxy groups -OCH3 is 1. The van der Waals surface area contributed by atoms with Crippen molar-refractivity contribution in [3.8, 4) is 11.8 Å². The van der Waals surface area contributed by atoms with Crippen LogP contribution in [0.25, 0.3) is 0 Å². The molecule has 1 atom stereocenters. The number of amides is 2. The zero-order valence-corrected chi connectivity index (χ0v) is 19.4. The minimum atomic E-state index is -0.573. The average molecular weight is 488 g/mol. The van der Waals surface area contributed by atoms with Crippen LogP contribution in [0.4, 0.5) is 5.69 Å². The van der Waals surface area contributed by atoms with Crippen molar-refractivity contribution in [1.82, 2.24) is 5.32 Å². The number of hydrogen-bond acceptors (Lipinski definition) is 5. The molecular weight excluding hydrogens is 469 g/mol. The monoisotopic (exact) mass is 487 g/mol. The molecule has 2 aromatic carbocycles. The summed E-state index contributed by atoms with van der Waals surface area (Å²) < 4.78 is 5.19. The molecule has 1 heterocycles. The number of carbonyl (C=O) groups is 2. The third-order valence-electron chi connectivity index (χ3n) is 4.65. The van der Waals surface area contributed by atoms with Gasteiger partial charge in [-0.2, -0.15) is 5.26 Å². The van der Waals surface area contributed by atoms with Crippen molar-refractivity contribution >= 4 is 52.5 Å². The number of nitrogens with zero attached hydrogens (tertiary/aromatic N) is 2. The molecule has 164 valence electrons. The summed E-state index contributed by atoms with van der Waals surface area (Å²) in [5.41, 5.74) is 1.20. The van der Waals surface area contributed by atoms with E-state index in [-0.39, 0.29) is 23.1 Å². The van der Waals surface area contributed by atoms with Gasteiger partial charge in [0.05, 0.1) is 22.4 Å². The summed E-state index contributed by atoms with van der Waals surface area (Å²) in [4.78, 5) is 27.4. The normalized spacial score (nSPS) is 17.0. The molecule has 0 aliphatic carbocycles. The molecule has 1 aliphatic heterocycles. The minimum Gasteiger partial charge on any atom is -0.497 e. The summed E-state index contributed by atoms with van der Waals surface area (Å²) in [6.45, 7) is 3.76. The summed E-state index contributed by atoms with van der Waals surface area (Å²) in [5.74, 6) is -0.197. The van der Waals surface area contributed by atoms with Crippen LogP contribution in [0.3, 0.4) is 0 Å². The number of rotatable bonds is 7. The predicted octanol–water partition coefficient (Wildman–Crippen LogP) is 4.73. The van der Waals surface area contributed by atoms with Gasteiger partial charge in [0.1, 0.15) is 22.4 Å². The van der Waals surface area contributed by atoms with Crippen LogP contribution in [-0.4, -0.2) is 30.7 Å². The number of halogens is 2. The van der Waals surface area contributed by atoms with E-state index in [9.17, 15) is 14.9 Å². The van der Waals surface area contributed by atoms with E-state index < -0.39 is 11.2 Å². The standard InChI is InChI=1S/C23H19Cl2N3O3S/c1-3-10-27-21(29)17(13-26)23-28(15-5-7-16(31-2)8-6-15)22(30)20(32-23)12-14-4-9-18(24)19(25)11-14/h3-9,11,20H,1,10,12H2,2H3,(H,27,29)/b23-17-. The Morgan fingerprint density at radius 3 is 2.59 bits per heavy atom. The Morgan fingerprint density at radius 2 is 2.00 bits per heavy atom. The van der Waals surface area contributed by atoms with Crippen LogP contribution in [0.1, 0.15) is 5.56 Å². The zero-order valence-electron chi connectivity index (χ0n) is 17.1. The highest BCUT2D eigenvalue weighted by Gasteiger charge is 2.40. The van der Waals surface area contributed by atoms with Gasteiger partial charge < -0.3 is 10.1 Å². The first-order chi connectivity index (χ1) is 15.4. The molecule has 2 aromatic rings. The van der Waals surface area contributed by atoms with E-state index in [2.05, 4.69) is 11.9 Å². The van der Waals surface area contributed by atoms with Crippen LogP contribution in [0.5, 0.6) is 5.75 Å². The molecule has 2 amide bonds. The van der Waals surface area contributed by atoms with Gasteiger partial charge in [0, 0.05) is 12.2 Å². The number of thioether (sulfide) groups is 1. The molecule has 1 N–H and O–H groups in total. The van der Waals surface area contributed by atoms with E-state index in [0.29, 0.717) is 27.9 Å². The smallest absolute Gasteiger partial charge is 0.264 e. The number of ether oxygens (including phenoxy) is 1. The third kappa shape index (κ3) is 5.10. The van der Waals surface area contributed by atoms with Crippen LogP contribution in [0, 0.1) is 11.3 Å². The number of nitrogens with one attached hydrogen (secondary N) is 1. The van der Waals surface area contributed by atoms with Crippen molar-refractivity contribution in [2.75, 3.05) is 18.6 Å². The fourth-order valence-electron chi connectivity index (χ4n) is 3.09. The minimum absolute atomic E-state index is 0.141. The molecule has 9 heteroatoms. The summed E-state index contributed by atoms with van der Waals surface area (Å²) in [7, 11) is 1.54. The van der Waals surface area contributed by atoms with Gasteiger partial charge in [-0.3, -0.25) is 14.5 Å². The Bertz CT molecular complexity index is 1130. The highest BCUT2D eigenvalue weighted by Crippen LogP contribution is 2.42. The molecule has 0 saturated carbocycles. The van der Waals surface area contributed by atoms with Crippen molar-refractivity contribution < 1.29 is 14.3 Å². The number of nitriles is 1. The highest BCUT2D eigenvalue weighted by atomic mass is 35.5. The number of carbonyl (C=O) groups excluding carboxylic acids is 2. The van der Waals surface area contributed by atoms with Crippen molar-refractivity contribution in [2.24, 2.45) is 0 Å². The lowest BCUT2D eigenvalue weighted by Crippen LogP contribution is -2.32. The van der Waals surface area contributed by atoms with Crippen molar-refractivity contribution in [2.45, 2.75) is 11.7 Å². The molecule has 6 nitrogen and oxygen atoms in total. The summed E-state index contributed by atoms with van der Waals surface area (Å²) in [6.07, 6.45) is 1.86. The van der Waals surface area contributed by atoms with Gasteiger partial charge in [-0.25, -0.2) is 0 Å². The molecule has 1 fully saturated rings. The Balaban J connectivity index is 2.02. The molecule has 0 spiro atoms. The van der Waals surface area contributed by atoms with Gasteiger partial charge in [0.15, 0.2) is 0 Å². The molecule has 1 aliphatic rings. The van der Waals surface area contributed by atoms with E-state index in [1.165, 1.54) is 22.7 Å². The fraction of sp³-hybridized carbons (Fsp3) is 0.174. The quantitative estimate of drug-likeness (QED) is 0.346. The van der Waals surface area contributed by atoms with Crippen molar-refractivity contribution in [3.63, 3.8) is 0 Å². The second-order valence-corrected chi connectivity index (χ2v) is 8.73. The van der Waals surface area contributed by atoms with Gasteiger partial charge in [-0.1, -0.05) is 47.1 Å². The second-order valence-electron chi connectivity index (χ2n) is 6.72. The van der Waals surface area contributed by atoms with Gasteiger partial charge in [0.2, 0.25) is 5.91 Å². The fourth-order valence-corrected chi connectivity index (χ4v) is 4.72. The van der Waals surface area contributed by atoms with Crippen LogP contribution in [0.15, 0.2) is 65.7 Å². The first-order valence-corrected chi connectivity index (χ1v) is 11.1. The van der Waals surface area contributed by atoms with Crippen molar-refractivity contribution in [3.05, 3.63) is 81.3 Å². The lowest BCUT2D eigenvalue weighted by atomic mass is 10.1. The Morgan fingerprint density at radius 1 is 1.28 bits per heavy atom. The molecular formula is C23H19Cl2N3O3S. The summed E-state index contributed by atoms with van der Waals surface area (Å²) >= 11 is 13.3. The van der Waals surface area contributed by atoms with E-state index in [0.717, 1.165) is 5.56 Å². The maximum Gasteiger partial charge on any atom is 0.264 e. The first-order valence-electron chi connectivity index (χ1n) is 9.51. The van der Waals surface area contributed by atoms with E-state index >= 15 is 0 Å². The van der Waals surface area contributed by atoms with Crippen LogP contribution in [-0.2, 0) is 16.0 Å². The van der Waals surface area contributed by atoms with Crippen LogP contribution in [0.2, 0.25) is 10.0 Å². The van der Waals surface area contributed by atoms with E-state index in [4.69, 9.17) is 27.9 Å². The molecule has 32 heavy (non-hydrogen) atoms. The molecule has 0 aromatic heterocycles. The zero-order chi connectivity index (χ0) is 23.3. The molecule has 0 bridgehead atoms. The highest BCUT2D eigenvalue weighted by molar-refractivity contribution is 8.05. The van der Waals surface area contributed by atoms with Gasteiger partial charge in [0.25, 0.3) is 5.91 Å². The first kappa shape index (κ1) is 23.7. The van der Waals surface area contributed by atoms with Crippen molar-refractivity contribution in [1.29, 1.82) is 5.26 Å². The second kappa shape index (κ2) is 10.6. The Labute approximate surface area is 200 Å². The molecule has 1 unspecified atom stereocenters. The van der Waals surface area contributed by atoms with Crippen LogP contribution >= 0.6 is 35.0 Å². The lowest BCUT2D eigenvalue weighted by Gasteiger charge is -2.19. The van der Waals surface area contributed by atoms with Gasteiger partial charge >= 0.3 is 0 Å².